The third-order valence-electron chi connectivity index (χ3n) is 5.48. The molecule has 144 valence electrons. The lowest BCUT2D eigenvalue weighted by molar-refractivity contribution is -0.119. The van der Waals surface area contributed by atoms with Gasteiger partial charge in [0.25, 0.3) is 0 Å². The van der Waals surface area contributed by atoms with Gasteiger partial charge in [-0.1, -0.05) is 66.6 Å². The highest BCUT2D eigenvalue weighted by molar-refractivity contribution is 5.92. The Bertz CT molecular complexity index is 959. The maximum atomic E-state index is 13.0. The van der Waals surface area contributed by atoms with E-state index in [4.69, 9.17) is 0 Å². The summed E-state index contributed by atoms with van der Waals surface area (Å²) < 4.78 is 1.91. The number of aromatic nitrogens is 3. The monoisotopic (exact) mass is 374 g/mol. The molecule has 0 unspecified atom stereocenters. The van der Waals surface area contributed by atoms with Gasteiger partial charge < -0.3 is 0 Å². The lowest BCUT2D eigenvalue weighted by Crippen LogP contribution is -2.42. The van der Waals surface area contributed by atoms with Gasteiger partial charge >= 0.3 is 0 Å². The Morgan fingerprint density at radius 2 is 1.54 bits per heavy atom. The molecule has 0 bridgehead atoms. The van der Waals surface area contributed by atoms with Crippen LogP contribution in [0, 0.1) is 13.8 Å². The molecular formula is C23H26N4O. The van der Waals surface area contributed by atoms with E-state index in [-0.39, 0.29) is 18.0 Å². The normalized spacial score (nSPS) is 18.8. The first kappa shape index (κ1) is 18.4. The molecule has 5 heteroatoms. The summed E-state index contributed by atoms with van der Waals surface area (Å²) in [4.78, 5) is 19.4. The van der Waals surface area contributed by atoms with E-state index in [0.29, 0.717) is 12.4 Å². The quantitative estimate of drug-likeness (QED) is 0.661. The standard InChI is InChI=1S/C23H26N4O/c1-4-5-22(28)26-20(18-10-6-16(2)7-11-18)14-21(27-23(26)24-15-25-27)19-12-8-17(3)9-13-19/h6-13,15,20-21H,4-5,14H2,1-3H3/t20-,21+/m1/s1. The molecule has 2 atom stereocenters. The number of carbonyl (C=O) groups excluding carboxylic acids is 1. The van der Waals surface area contributed by atoms with Crippen molar-refractivity contribution in [1.82, 2.24) is 14.8 Å². The van der Waals surface area contributed by atoms with Crippen LogP contribution in [0.15, 0.2) is 54.9 Å². The predicted octanol–water partition coefficient (Wildman–Crippen LogP) is 4.76. The van der Waals surface area contributed by atoms with Crippen LogP contribution in [0.5, 0.6) is 0 Å². The van der Waals surface area contributed by atoms with E-state index < -0.39 is 0 Å². The summed E-state index contributed by atoms with van der Waals surface area (Å²) in [5, 5.41) is 4.48. The van der Waals surface area contributed by atoms with Crippen LogP contribution in [0.4, 0.5) is 5.95 Å². The average molecular weight is 374 g/mol. The highest BCUT2D eigenvalue weighted by Crippen LogP contribution is 2.42. The Morgan fingerprint density at radius 1 is 0.964 bits per heavy atom. The molecule has 0 aliphatic carbocycles. The van der Waals surface area contributed by atoms with Crippen LogP contribution in [-0.4, -0.2) is 20.7 Å². The van der Waals surface area contributed by atoms with Crippen molar-refractivity contribution in [3.63, 3.8) is 0 Å². The van der Waals surface area contributed by atoms with Crippen LogP contribution in [0.3, 0.4) is 0 Å². The summed E-state index contributed by atoms with van der Waals surface area (Å²) in [6, 6.07) is 17.0. The molecule has 0 radical (unpaired) electrons. The minimum absolute atomic E-state index is 0.0510. The lowest BCUT2D eigenvalue weighted by Gasteiger charge is -2.39. The molecule has 4 rings (SSSR count). The van der Waals surface area contributed by atoms with Gasteiger partial charge in [-0.25, -0.2) is 4.68 Å². The summed E-state index contributed by atoms with van der Waals surface area (Å²) in [7, 11) is 0. The number of hydrogen-bond donors (Lipinski definition) is 0. The first-order chi connectivity index (χ1) is 13.6. The molecule has 1 aromatic heterocycles. The zero-order valence-corrected chi connectivity index (χ0v) is 16.7. The second-order valence-electron chi connectivity index (χ2n) is 7.61. The molecule has 0 spiro atoms. The SMILES string of the molecule is CCCC(=O)N1c2ncnn2[C@H](c2ccc(C)cc2)C[C@@H]1c1ccc(C)cc1. The fraction of sp³-hybridized carbons (Fsp3) is 0.348. The summed E-state index contributed by atoms with van der Waals surface area (Å²) in [5.41, 5.74) is 4.77. The Labute approximate surface area is 166 Å². The third kappa shape index (κ3) is 3.33. The molecule has 2 aromatic carbocycles. The van der Waals surface area contributed by atoms with E-state index >= 15 is 0 Å². The van der Waals surface area contributed by atoms with E-state index in [1.807, 2.05) is 16.5 Å². The molecule has 0 saturated carbocycles. The fourth-order valence-corrected chi connectivity index (χ4v) is 3.95. The van der Waals surface area contributed by atoms with Gasteiger partial charge in [0.05, 0.1) is 12.1 Å². The van der Waals surface area contributed by atoms with Crippen LogP contribution < -0.4 is 4.90 Å². The van der Waals surface area contributed by atoms with Crippen LogP contribution in [0.2, 0.25) is 0 Å². The molecule has 1 aliphatic heterocycles. The van der Waals surface area contributed by atoms with Gasteiger partial charge in [-0.2, -0.15) is 10.1 Å². The largest absolute Gasteiger partial charge is 0.274 e. The number of benzene rings is 2. The smallest absolute Gasteiger partial charge is 0.231 e. The number of nitrogens with zero attached hydrogens (tertiary/aromatic N) is 4. The second kappa shape index (κ2) is 7.58. The summed E-state index contributed by atoms with van der Waals surface area (Å²) in [5.74, 6) is 0.741. The molecule has 0 fully saturated rings. The number of amides is 1. The molecule has 28 heavy (non-hydrogen) atoms. The Kier molecular flexibility index (Phi) is 4.99. The number of carbonyl (C=O) groups is 1. The maximum absolute atomic E-state index is 13.0. The van der Waals surface area contributed by atoms with Gasteiger partial charge in [0.2, 0.25) is 11.9 Å². The van der Waals surface area contributed by atoms with Crippen LogP contribution >= 0.6 is 0 Å². The summed E-state index contributed by atoms with van der Waals surface area (Å²) in [6.45, 7) is 6.20. The van der Waals surface area contributed by atoms with E-state index in [2.05, 4.69) is 72.5 Å². The number of anilines is 1. The second-order valence-corrected chi connectivity index (χ2v) is 7.61. The predicted molar refractivity (Wildman–Crippen MR) is 110 cm³/mol. The Hall–Kier alpha value is -2.95. The van der Waals surface area contributed by atoms with Crippen molar-refractivity contribution in [2.75, 3.05) is 4.90 Å². The van der Waals surface area contributed by atoms with E-state index in [1.54, 1.807) is 6.33 Å². The zero-order valence-electron chi connectivity index (χ0n) is 16.7. The van der Waals surface area contributed by atoms with E-state index in [9.17, 15) is 4.79 Å². The molecule has 1 aliphatic rings. The number of fused-ring (bicyclic) bond motifs is 1. The molecule has 1 amide bonds. The molecule has 0 N–H and O–H groups in total. The van der Waals surface area contributed by atoms with Gasteiger partial charge in [0.15, 0.2) is 0 Å². The van der Waals surface area contributed by atoms with Crippen molar-refractivity contribution < 1.29 is 4.79 Å². The van der Waals surface area contributed by atoms with Gasteiger partial charge in [0, 0.05) is 6.42 Å². The first-order valence-corrected chi connectivity index (χ1v) is 9.93. The Balaban J connectivity index is 1.81. The molecule has 5 nitrogen and oxygen atoms in total. The van der Waals surface area contributed by atoms with Gasteiger partial charge in [0.1, 0.15) is 6.33 Å². The first-order valence-electron chi connectivity index (χ1n) is 9.93. The molecule has 0 saturated heterocycles. The Morgan fingerprint density at radius 3 is 2.11 bits per heavy atom. The highest BCUT2D eigenvalue weighted by atomic mass is 16.2. The minimum Gasteiger partial charge on any atom is -0.274 e. The lowest BCUT2D eigenvalue weighted by atomic mass is 9.91. The van der Waals surface area contributed by atoms with Crippen molar-refractivity contribution in [3.05, 3.63) is 77.1 Å². The van der Waals surface area contributed by atoms with Crippen LogP contribution in [0.25, 0.3) is 0 Å². The highest BCUT2D eigenvalue weighted by Gasteiger charge is 2.38. The van der Waals surface area contributed by atoms with Gasteiger partial charge in [-0.3, -0.25) is 9.69 Å². The van der Waals surface area contributed by atoms with E-state index in [0.717, 1.165) is 18.4 Å². The maximum Gasteiger partial charge on any atom is 0.231 e. The van der Waals surface area contributed by atoms with Crippen molar-refractivity contribution in [2.45, 2.75) is 52.1 Å². The molecular weight excluding hydrogens is 348 g/mol. The van der Waals surface area contributed by atoms with Crippen molar-refractivity contribution >= 4 is 11.9 Å². The number of rotatable bonds is 4. The number of hydrogen-bond acceptors (Lipinski definition) is 3. The van der Waals surface area contributed by atoms with Crippen LogP contribution in [0.1, 0.15) is 60.5 Å². The summed E-state index contributed by atoms with van der Waals surface area (Å²) >= 11 is 0. The molecule has 2 heterocycles. The zero-order chi connectivity index (χ0) is 19.7. The number of aryl methyl sites for hydroxylation is 2. The van der Waals surface area contributed by atoms with Crippen LogP contribution in [-0.2, 0) is 4.79 Å². The van der Waals surface area contributed by atoms with Crippen molar-refractivity contribution in [1.29, 1.82) is 0 Å². The minimum atomic E-state index is -0.0531. The third-order valence-corrected chi connectivity index (χ3v) is 5.48. The van der Waals surface area contributed by atoms with E-state index in [1.165, 1.54) is 16.7 Å². The summed E-state index contributed by atoms with van der Waals surface area (Å²) in [6.07, 6.45) is 3.65. The van der Waals surface area contributed by atoms with Crippen molar-refractivity contribution in [2.24, 2.45) is 0 Å². The van der Waals surface area contributed by atoms with Gasteiger partial charge in [-0.05, 0) is 37.8 Å². The van der Waals surface area contributed by atoms with Gasteiger partial charge in [-0.15, -0.1) is 0 Å². The topological polar surface area (TPSA) is 51.0 Å². The van der Waals surface area contributed by atoms with Crippen molar-refractivity contribution in [3.8, 4) is 0 Å². The average Bonchev–Trinajstić information content (AvgIpc) is 3.18. The molecule has 3 aromatic rings. The fourth-order valence-electron chi connectivity index (χ4n) is 3.95.